The standard InChI is InChI=1S/C8H17N2S/c1-9-2-4-10(5-3-9)6-7-11-8-10/h2-8H2,1H3/q+1. The van der Waals surface area contributed by atoms with Gasteiger partial charge in [0.25, 0.3) is 0 Å². The highest BCUT2D eigenvalue weighted by atomic mass is 32.2. The first-order chi connectivity index (χ1) is 5.31. The Balaban J connectivity index is 1.94. The minimum Gasteiger partial charge on any atom is -0.312 e. The van der Waals surface area contributed by atoms with Crippen LogP contribution in [0.1, 0.15) is 0 Å². The Morgan fingerprint density at radius 2 is 1.91 bits per heavy atom. The van der Waals surface area contributed by atoms with E-state index in [4.69, 9.17) is 0 Å². The summed E-state index contributed by atoms with van der Waals surface area (Å²) in [5.41, 5.74) is 0. The third-order valence-corrected chi connectivity index (χ3v) is 4.19. The first-order valence-corrected chi connectivity index (χ1v) is 5.58. The van der Waals surface area contributed by atoms with Crippen molar-refractivity contribution in [2.75, 3.05) is 51.4 Å². The van der Waals surface area contributed by atoms with Crippen LogP contribution in [0.5, 0.6) is 0 Å². The predicted molar refractivity (Wildman–Crippen MR) is 49.7 cm³/mol. The van der Waals surface area contributed by atoms with Gasteiger partial charge >= 0.3 is 0 Å². The molecule has 0 radical (unpaired) electrons. The van der Waals surface area contributed by atoms with Gasteiger partial charge in [0.05, 0.1) is 19.6 Å². The molecule has 0 aliphatic carbocycles. The summed E-state index contributed by atoms with van der Waals surface area (Å²) in [5.74, 6) is 2.78. The summed E-state index contributed by atoms with van der Waals surface area (Å²) < 4.78 is 1.41. The maximum Gasteiger partial charge on any atom is 0.126 e. The van der Waals surface area contributed by atoms with Crippen LogP contribution in [0, 0.1) is 0 Å². The van der Waals surface area contributed by atoms with Crippen LogP contribution in [0.4, 0.5) is 0 Å². The molecule has 3 heteroatoms. The van der Waals surface area contributed by atoms with Crippen molar-refractivity contribution >= 4 is 11.8 Å². The molecule has 2 nitrogen and oxygen atoms in total. The zero-order valence-corrected chi connectivity index (χ0v) is 8.07. The van der Waals surface area contributed by atoms with Gasteiger partial charge in [0.2, 0.25) is 0 Å². The Kier molecular flexibility index (Phi) is 2.12. The van der Waals surface area contributed by atoms with Crippen LogP contribution in [0.15, 0.2) is 0 Å². The van der Waals surface area contributed by atoms with Crippen LogP contribution in [-0.4, -0.2) is 60.8 Å². The van der Waals surface area contributed by atoms with Crippen molar-refractivity contribution in [3.63, 3.8) is 0 Å². The number of thioether (sulfide) groups is 1. The fraction of sp³-hybridized carbons (Fsp3) is 1.00. The molecule has 0 aromatic rings. The molecular weight excluding hydrogens is 156 g/mol. The second kappa shape index (κ2) is 2.96. The minimum atomic E-state index is 1.31. The summed E-state index contributed by atoms with van der Waals surface area (Å²) in [4.78, 5) is 2.45. The average molecular weight is 173 g/mol. The van der Waals surface area contributed by atoms with Crippen molar-refractivity contribution in [2.45, 2.75) is 0 Å². The molecule has 0 bridgehead atoms. The van der Waals surface area contributed by atoms with Crippen molar-refractivity contribution in [1.82, 2.24) is 4.90 Å². The molecule has 2 aliphatic rings. The first-order valence-electron chi connectivity index (χ1n) is 4.42. The monoisotopic (exact) mass is 173 g/mol. The van der Waals surface area contributed by atoms with Gasteiger partial charge in [-0.05, 0) is 7.05 Å². The van der Waals surface area contributed by atoms with E-state index in [1.54, 1.807) is 0 Å². The number of hydrogen-bond donors (Lipinski definition) is 0. The second-order valence-corrected chi connectivity index (χ2v) is 4.93. The van der Waals surface area contributed by atoms with Crippen molar-refractivity contribution in [3.05, 3.63) is 0 Å². The normalized spacial score (nSPS) is 31.4. The van der Waals surface area contributed by atoms with E-state index in [9.17, 15) is 0 Å². The topological polar surface area (TPSA) is 3.24 Å². The maximum atomic E-state index is 2.45. The summed E-state index contributed by atoms with van der Waals surface area (Å²) in [5, 5.41) is 0. The van der Waals surface area contributed by atoms with Gasteiger partial charge in [-0.2, -0.15) is 0 Å². The van der Waals surface area contributed by atoms with Crippen molar-refractivity contribution in [2.24, 2.45) is 0 Å². The lowest BCUT2D eigenvalue weighted by molar-refractivity contribution is -0.913. The average Bonchev–Trinajstić information content (AvgIpc) is 2.45. The summed E-state index contributed by atoms with van der Waals surface area (Å²) in [6.45, 7) is 6.83. The van der Waals surface area contributed by atoms with E-state index >= 15 is 0 Å². The van der Waals surface area contributed by atoms with E-state index in [1.165, 1.54) is 48.8 Å². The smallest absolute Gasteiger partial charge is 0.126 e. The maximum absolute atomic E-state index is 2.45. The molecule has 11 heavy (non-hydrogen) atoms. The van der Waals surface area contributed by atoms with E-state index in [0.29, 0.717) is 0 Å². The van der Waals surface area contributed by atoms with E-state index in [1.807, 2.05) is 0 Å². The lowest BCUT2D eigenvalue weighted by Gasteiger charge is -2.40. The number of nitrogens with zero attached hydrogens (tertiary/aromatic N) is 2. The molecule has 2 fully saturated rings. The SMILES string of the molecule is CN1CC[N+]2(CCSC2)CC1. The zero-order valence-electron chi connectivity index (χ0n) is 7.25. The van der Waals surface area contributed by atoms with Crippen LogP contribution >= 0.6 is 11.8 Å². The molecule has 0 aromatic carbocycles. The Hall–Kier alpha value is 0.270. The molecule has 2 heterocycles. The molecule has 0 N–H and O–H groups in total. The Bertz CT molecular complexity index is 133. The third-order valence-electron chi connectivity index (χ3n) is 2.99. The largest absolute Gasteiger partial charge is 0.312 e. The van der Waals surface area contributed by atoms with Crippen LogP contribution in [0.25, 0.3) is 0 Å². The van der Waals surface area contributed by atoms with Gasteiger partial charge in [-0.3, -0.25) is 4.90 Å². The van der Waals surface area contributed by atoms with Crippen LogP contribution in [-0.2, 0) is 0 Å². The van der Waals surface area contributed by atoms with Gasteiger partial charge in [-0.25, -0.2) is 0 Å². The fourth-order valence-corrected chi connectivity index (χ4v) is 3.34. The molecule has 0 saturated carbocycles. The molecule has 2 rings (SSSR count). The van der Waals surface area contributed by atoms with Crippen molar-refractivity contribution in [3.8, 4) is 0 Å². The quantitative estimate of drug-likeness (QED) is 0.489. The fourth-order valence-electron chi connectivity index (χ4n) is 1.92. The number of likely N-dealkylation sites (N-methyl/N-ethyl adjacent to an activating group) is 1. The predicted octanol–water partition coefficient (Wildman–Crippen LogP) is 0.453. The van der Waals surface area contributed by atoms with Gasteiger partial charge in [0.15, 0.2) is 0 Å². The van der Waals surface area contributed by atoms with Gasteiger partial charge < -0.3 is 4.48 Å². The van der Waals surface area contributed by atoms with E-state index < -0.39 is 0 Å². The first kappa shape index (κ1) is 7.90. The number of hydrogen-bond acceptors (Lipinski definition) is 2. The molecule has 2 aliphatic heterocycles. The molecular formula is C8H17N2S+. The minimum absolute atomic E-state index is 1.31. The molecule has 0 aromatic heterocycles. The molecule has 0 unspecified atom stereocenters. The zero-order chi connectivity index (χ0) is 7.73. The summed E-state index contributed by atoms with van der Waals surface area (Å²) in [7, 11) is 2.23. The van der Waals surface area contributed by atoms with E-state index in [0.717, 1.165) is 0 Å². The summed E-state index contributed by atoms with van der Waals surface area (Å²) in [6.07, 6.45) is 0. The molecule has 1 spiro atoms. The van der Waals surface area contributed by atoms with Gasteiger partial charge in [0.1, 0.15) is 5.88 Å². The van der Waals surface area contributed by atoms with Gasteiger partial charge in [-0.15, -0.1) is 0 Å². The molecule has 0 amide bonds. The van der Waals surface area contributed by atoms with Crippen LogP contribution in [0.2, 0.25) is 0 Å². The molecule has 64 valence electrons. The van der Waals surface area contributed by atoms with Crippen LogP contribution in [0.3, 0.4) is 0 Å². The second-order valence-electron chi connectivity index (χ2n) is 3.85. The van der Waals surface area contributed by atoms with E-state index in [-0.39, 0.29) is 0 Å². The Morgan fingerprint density at radius 3 is 2.45 bits per heavy atom. The summed E-state index contributed by atoms with van der Waals surface area (Å²) >= 11 is 2.13. The number of rotatable bonds is 0. The Labute approximate surface area is 73.1 Å². The highest BCUT2D eigenvalue weighted by Gasteiger charge is 2.34. The summed E-state index contributed by atoms with van der Waals surface area (Å²) in [6, 6.07) is 0. The molecule has 2 saturated heterocycles. The highest BCUT2D eigenvalue weighted by Crippen LogP contribution is 2.24. The van der Waals surface area contributed by atoms with Gasteiger partial charge in [-0.1, -0.05) is 11.8 Å². The number of quaternary nitrogens is 1. The Morgan fingerprint density at radius 1 is 1.18 bits per heavy atom. The lowest BCUT2D eigenvalue weighted by Crippen LogP contribution is -2.57. The molecule has 0 atom stereocenters. The number of piperazine rings is 1. The third kappa shape index (κ3) is 1.55. The van der Waals surface area contributed by atoms with Gasteiger partial charge in [0, 0.05) is 18.8 Å². The van der Waals surface area contributed by atoms with Crippen LogP contribution < -0.4 is 0 Å². The van der Waals surface area contributed by atoms with E-state index in [2.05, 4.69) is 23.7 Å². The van der Waals surface area contributed by atoms with Crippen molar-refractivity contribution < 1.29 is 4.48 Å². The lowest BCUT2D eigenvalue weighted by atomic mass is 10.3. The highest BCUT2D eigenvalue weighted by molar-refractivity contribution is 7.99. The van der Waals surface area contributed by atoms with Crippen molar-refractivity contribution in [1.29, 1.82) is 0 Å².